The molecule has 2 N–H and O–H groups in total. The van der Waals surface area contributed by atoms with Crippen LogP contribution >= 0.6 is 7.82 Å². The minimum Gasteiger partial charge on any atom is -0.303 e. The van der Waals surface area contributed by atoms with E-state index in [1.165, 1.54) is 0 Å². The highest BCUT2D eigenvalue weighted by Gasteiger charge is 2.43. The fourth-order valence-electron chi connectivity index (χ4n) is 2.75. The maximum absolute atomic E-state index is 11.0. The van der Waals surface area contributed by atoms with Crippen molar-refractivity contribution in [1.82, 2.24) is 0 Å². The van der Waals surface area contributed by atoms with Gasteiger partial charge >= 0.3 is 7.82 Å². The van der Waals surface area contributed by atoms with Gasteiger partial charge in [0.15, 0.2) is 0 Å². The fourth-order valence-corrected chi connectivity index (χ4v) is 3.59. The van der Waals surface area contributed by atoms with Crippen molar-refractivity contribution in [2.45, 2.75) is 58.0 Å². The molecule has 0 aromatic heterocycles. The topological polar surface area (TPSA) is 66.8 Å². The molecule has 4 nitrogen and oxygen atoms in total. The zero-order chi connectivity index (χ0) is 11.5. The highest BCUT2D eigenvalue weighted by molar-refractivity contribution is 7.46. The van der Waals surface area contributed by atoms with Crippen LogP contribution in [-0.2, 0) is 9.09 Å². The Kier molecular flexibility index (Phi) is 4.36. The van der Waals surface area contributed by atoms with E-state index in [9.17, 15) is 4.57 Å². The first-order valence-electron chi connectivity index (χ1n) is 5.70. The van der Waals surface area contributed by atoms with Gasteiger partial charge in [-0.1, -0.05) is 33.1 Å². The van der Waals surface area contributed by atoms with Crippen LogP contribution in [0.5, 0.6) is 0 Å². The zero-order valence-electron chi connectivity index (χ0n) is 9.48. The predicted octanol–water partition coefficient (Wildman–Crippen LogP) is 2.84. The second kappa shape index (κ2) is 4.96. The van der Waals surface area contributed by atoms with E-state index in [4.69, 9.17) is 14.3 Å². The van der Waals surface area contributed by atoms with Gasteiger partial charge in [0.25, 0.3) is 0 Å². The molecule has 2 atom stereocenters. The molecule has 0 saturated heterocycles. The molecule has 1 saturated carbocycles. The highest BCUT2D eigenvalue weighted by Crippen LogP contribution is 2.51. The molecule has 1 fully saturated rings. The number of hydrogen-bond donors (Lipinski definition) is 2. The van der Waals surface area contributed by atoms with Gasteiger partial charge in [0.2, 0.25) is 0 Å². The molecule has 90 valence electrons. The van der Waals surface area contributed by atoms with Crippen LogP contribution in [0.25, 0.3) is 0 Å². The molecule has 0 bridgehead atoms. The van der Waals surface area contributed by atoms with Crippen LogP contribution in [0.4, 0.5) is 0 Å². The summed E-state index contributed by atoms with van der Waals surface area (Å²) in [5, 5.41) is 0. The normalized spacial score (nSPS) is 32.9. The maximum atomic E-state index is 11.0. The fraction of sp³-hybridized carbons (Fsp3) is 1.00. The Morgan fingerprint density at radius 3 is 2.53 bits per heavy atom. The molecular weight excluding hydrogens is 215 g/mol. The number of phosphoric acid groups is 1. The summed E-state index contributed by atoms with van der Waals surface area (Å²) in [6, 6.07) is 0. The number of rotatable bonds is 4. The summed E-state index contributed by atoms with van der Waals surface area (Å²) < 4.78 is 16.1. The zero-order valence-corrected chi connectivity index (χ0v) is 10.4. The summed E-state index contributed by atoms with van der Waals surface area (Å²) in [6.45, 7) is 4.01. The van der Waals surface area contributed by atoms with Gasteiger partial charge in [0.1, 0.15) is 0 Å². The molecule has 1 aliphatic carbocycles. The van der Waals surface area contributed by atoms with Gasteiger partial charge in [-0.2, -0.15) is 0 Å². The smallest absolute Gasteiger partial charge is 0.303 e. The van der Waals surface area contributed by atoms with Crippen molar-refractivity contribution in [1.29, 1.82) is 0 Å². The number of phosphoric ester groups is 1. The van der Waals surface area contributed by atoms with Gasteiger partial charge in [0.05, 0.1) is 5.60 Å². The first-order chi connectivity index (χ1) is 6.93. The van der Waals surface area contributed by atoms with E-state index in [2.05, 4.69) is 6.92 Å². The van der Waals surface area contributed by atoms with E-state index >= 15 is 0 Å². The molecule has 0 radical (unpaired) electrons. The van der Waals surface area contributed by atoms with Crippen molar-refractivity contribution in [2.75, 3.05) is 0 Å². The highest BCUT2D eigenvalue weighted by atomic mass is 31.2. The van der Waals surface area contributed by atoms with Gasteiger partial charge in [0, 0.05) is 0 Å². The molecule has 0 spiro atoms. The third kappa shape index (κ3) is 3.28. The van der Waals surface area contributed by atoms with Crippen molar-refractivity contribution in [3.8, 4) is 0 Å². The van der Waals surface area contributed by atoms with Crippen molar-refractivity contribution in [3.63, 3.8) is 0 Å². The lowest BCUT2D eigenvalue weighted by Gasteiger charge is -2.42. The van der Waals surface area contributed by atoms with Crippen LogP contribution < -0.4 is 0 Å². The lowest BCUT2D eigenvalue weighted by molar-refractivity contribution is -0.0480. The van der Waals surface area contributed by atoms with Gasteiger partial charge in [-0.05, 0) is 25.2 Å². The standard InChI is InChI=1S/C10H21O4P/c1-3-9-7-5-6-8-10(9,4-2)14-15(11,12)13/h9H,3-8H2,1-2H3,(H2,11,12,13). The van der Waals surface area contributed by atoms with E-state index < -0.39 is 13.4 Å². The second-order valence-corrected chi connectivity index (χ2v) is 5.51. The molecule has 15 heavy (non-hydrogen) atoms. The first-order valence-corrected chi connectivity index (χ1v) is 7.23. The Balaban J connectivity index is 2.84. The van der Waals surface area contributed by atoms with Crippen molar-refractivity contribution in [2.24, 2.45) is 5.92 Å². The lowest BCUT2D eigenvalue weighted by Crippen LogP contribution is -2.41. The Bertz CT molecular complexity index is 250. The van der Waals surface area contributed by atoms with Gasteiger partial charge in [-0.25, -0.2) is 4.57 Å². The van der Waals surface area contributed by atoms with Crippen molar-refractivity contribution in [3.05, 3.63) is 0 Å². The van der Waals surface area contributed by atoms with Gasteiger partial charge in [-0.3, -0.25) is 4.52 Å². The van der Waals surface area contributed by atoms with Gasteiger partial charge in [-0.15, -0.1) is 0 Å². The molecule has 1 aliphatic rings. The van der Waals surface area contributed by atoms with Crippen LogP contribution in [0, 0.1) is 5.92 Å². The average Bonchev–Trinajstić information content (AvgIpc) is 2.16. The maximum Gasteiger partial charge on any atom is 0.470 e. The lowest BCUT2D eigenvalue weighted by atomic mass is 9.73. The largest absolute Gasteiger partial charge is 0.470 e. The Labute approximate surface area is 91.3 Å². The van der Waals surface area contributed by atoms with E-state index in [1.807, 2.05) is 6.92 Å². The summed E-state index contributed by atoms with van der Waals surface area (Å²) in [4.78, 5) is 17.9. The van der Waals surface area contributed by atoms with Crippen molar-refractivity contribution >= 4 is 7.82 Å². The van der Waals surface area contributed by atoms with E-state index in [-0.39, 0.29) is 5.92 Å². The van der Waals surface area contributed by atoms with Crippen LogP contribution in [0.15, 0.2) is 0 Å². The molecule has 0 aromatic carbocycles. The van der Waals surface area contributed by atoms with Crippen LogP contribution in [0.1, 0.15) is 52.4 Å². The number of hydrogen-bond acceptors (Lipinski definition) is 2. The minimum absolute atomic E-state index is 0.281. The summed E-state index contributed by atoms with van der Waals surface area (Å²) >= 11 is 0. The molecule has 5 heteroatoms. The first kappa shape index (κ1) is 13.2. The van der Waals surface area contributed by atoms with E-state index in [0.717, 1.165) is 32.1 Å². The third-order valence-corrected chi connectivity index (χ3v) is 4.14. The summed E-state index contributed by atoms with van der Waals surface area (Å²) in [6.07, 6.45) is 5.54. The summed E-state index contributed by atoms with van der Waals surface area (Å²) in [7, 11) is -4.37. The second-order valence-electron chi connectivity index (χ2n) is 4.35. The monoisotopic (exact) mass is 236 g/mol. The molecule has 0 amide bonds. The molecule has 0 aromatic rings. The van der Waals surface area contributed by atoms with Crippen LogP contribution in [0.2, 0.25) is 0 Å². The minimum atomic E-state index is -4.37. The quantitative estimate of drug-likeness (QED) is 0.736. The van der Waals surface area contributed by atoms with Gasteiger partial charge < -0.3 is 9.79 Å². The summed E-state index contributed by atoms with van der Waals surface area (Å²) in [5.41, 5.74) is -0.591. The summed E-state index contributed by atoms with van der Waals surface area (Å²) in [5.74, 6) is 0.281. The SMILES string of the molecule is CCC1CCCCC1(CC)OP(=O)(O)O. The average molecular weight is 236 g/mol. The van der Waals surface area contributed by atoms with Crippen molar-refractivity contribution < 1.29 is 18.9 Å². The predicted molar refractivity (Wildman–Crippen MR) is 58.4 cm³/mol. The Morgan fingerprint density at radius 1 is 1.40 bits per heavy atom. The van der Waals surface area contributed by atoms with Crippen LogP contribution in [-0.4, -0.2) is 15.4 Å². The molecule has 0 aliphatic heterocycles. The molecule has 2 unspecified atom stereocenters. The Hall–Kier alpha value is 0.110. The molecule has 1 rings (SSSR count). The van der Waals surface area contributed by atoms with E-state index in [1.54, 1.807) is 0 Å². The Morgan fingerprint density at radius 2 is 2.07 bits per heavy atom. The van der Waals surface area contributed by atoms with E-state index in [0.29, 0.717) is 6.42 Å². The molecular formula is C10H21O4P. The third-order valence-electron chi connectivity index (χ3n) is 3.54. The molecule has 0 heterocycles. The van der Waals surface area contributed by atoms with Crippen LogP contribution in [0.3, 0.4) is 0 Å².